The molecule has 136 valence electrons. The zero-order valence-corrected chi connectivity index (χ0v) is 15.6. The molecule has 0 saturated heterocycles. The van der Waals surface area contributed by atoms with Crippen LogP contribution >= 0.6 is 0 Å². The van der Waals surface area contributed by atoms with E-state index in [2.05, 4.69) is 53.6 Å². The maximum absolute atomic E-state index is 5.20. The van der Waals surface area contributed by atoms with Gasteiger partial charge in [-0.1, -0.05) is 42.5 Å². The minimum Gasteiger partial charge on any atom is -0.497 e. The summed E-state index contributed by atoms with van der Waals surface area (Å²) in [6.07, 6.45) is 0.961. The summed E-state index contributed by atoms with van der Waals surface area (Å²) in [5, 5.41) is 12.9. The monoisotopic (exact) mass is 350 g/mol. The molecule has 0 aliphatic heterocycles. The lowest BCUT2D eigenvalue weighted by Crippen LogP contribution is -2.17. The Morgan fingerprint density at radius 1 is 1.00 bits per heavy atom. The SMILES string of the molecule is COc1ccc(CCNCc2nn(C(C)C)nc2-c2ccccc2)cc1. The van der Waals surface area contributed by atoms with E-state index in [0.717, 1.165) is 35.7 Å². The number of hydrogen-bond donors (Lipinski definition) is 1. The quantitative estimate of drug-likeness (QED) is 0.627. The number of rotatable bonds is 8. The summed E-state index contributed by atoms with van der Waals surface area (Å²) in [6.45, 7) is 5.77. The molecular formula is C21H26N4O. The van der Waals surface area contributed by atoms with Gasteiger partial charge < -0.3 is 10.1 Å². The lowest BCUT2D eigenvalue weighted by molar-refractivity contribution is 0.414. The van der Waals surface area contributed by atoms with Crippen molar-refractivity contribution >= 4 is 0 Å². The largest absolute Gasteiger partial charge is 0.497 e. The van der Waals surface area contributed by atoms with Gasteiger partial charge in [0, 0.05) is 12.1 Å². The minimum absolute atomic E-state index is 0.241. The van der Waals surface area contributed by atoms with Crippen LogP contribution in [0.25, 0.3) is 11.3 Å². The molecule has 0 radical (unpaired) electrons. The van der Waals surface area contributed by atoms with Gasteiger partial charge in [0.05, 0.1) is 13.2 Å². The third-order valence-electron chi connectivity index (χ3n) is 4.25. The summed E-state index contributed by atoms with van der Waals surface area (Å²) < 4.78 is 5.20. The second kappa shape index (κ2) is 8.63. The molecule has 0 bridgehead atoms. The van der Waals surface area contributed by atoms with Gasteiger partial charge in [0.15, 0.2) is 0 Å². The summed E-state index contributed by atoms with van der Waals surface area (Å²) >= 11 is 0. The first-order valence-corrected chi connectivity index (χ1v) is 9.02. The second-order valence-corrected chi connectivity index (χ2v) is 6.55. The van der Waals surface area contributed by atoms with Crippen molar-refractivity contribution < 1.29 is 4.74 Å². The van der Waals surface area contributed by atoms with Crippen molar-refractivity contribution in [3.8, 4) is 17.0 Å². The van der Waals surface area contributed by atoms with E-state index in [1.807, 2.05) is 30.3 Å². The number of nitrogens with zero attached hydrogens (tertiary/aromatic N) is 3. The highest BCUT2D eigenvalue weighted by Gasteiger charge is 2.14. The van der Waals surface area contributed by atoms with Crippen LogP contribution in [0.4, 0.5) is 0 Å². The fourth-order valence-corrected chi connectivity index (χ4v) is 2.76. The highest BCUT2D eigenvalue weighted by molar-refractivity contribution is 5.60. The molecule has 26 heavy (non-hydrogen) atoms. The van der Waals surface area contributed by atoms with Gasteiger partial charge in [0.2, 0.25) is 0 Å². The molecule has 0 saturated carbocycles. The number of ether oxygens (including phenoxy) is 1. The van der Waals surface area contributed by atoms with Gasteiger partial charge in [-0.05, 0) is 44.5 Å². The second-order valence-electron chi connectivity index (χ2n) is 6.55. The van der Waals surface area contributed by atoms with Crippen LogP contribution in [0.1, 0.15) is 31.1 Å². The Kier molecular flexibility index (Phi) is 6.02. The van der Waals surface area contributed by atoms with Crippen LogP contribution in [-0.2, 0) is 13.0 Å². The molecule has 1 heterocycles. The van der Waals surface area contributed by atoms with E-state index in [1.54, 1.807) is 11.9 Å². The molecule has 5 heteroatoms. The molecular weight excluding hydrogens is 324 g/mol. The predicted octanol–water partition coefficient (Wildman–Crippen LogP) is 3.87. The van der Waals surface area contributed by atoms with E-state index in [-0.39, 0.29) is 6.04 Å². The van der Waals surface area contributed by atoms with Crippen molar-refractivity contribution in [2.45, 2.75) is 32.9 Å². The first-order chi connectivity index (χ1) is 12.7. The Morgan fingerprint density at radius 2 is 1.73 bits per heavy atom. The summed E-state index contributed by atoms with van der Waals surface area (Å²) in [7, 11) is 1.69. The van der Waals surface area contributed by atoms with Crippen LogP contribution in [0.3, 0.4) is 0 Å². The van der Waals surface area contributed by atoms with Crippen molar-refractivity contribution in [2.24, 2.45) is 0 Å². The van der Waals surface area contributed by atoms with Crippen molar-refractivity contribution in [2.75, 3.05) is 13.7 Å². The Bertz CT molecular complexity index is 810. The topological polar surface area (TPSA) is 52.0 Å². The van der Waals surface area contributed by atoms with Crippen molar-refractivity contribution in [1.82, 2.24) is 20.3 Å². The Balaban J connectivity index is 1.63. The number of hydrogen-bond acceptors (Lipinski definition) is 4. The van der Waals surface area contributed by atoms with E-state index in [9.17, 15) is 0 Å². The number of methoxy groups -OCH3 is 1. The van der Waals surface area contributed by atoms with Crippen molar-refractivity contribution in [3.63, 3.8) is 0 Å². The molecule has 3 rings (SSSR count). The Hall–Kier alpha value is -2.66. The van der Waals surface area contributed by atoms with E-state index in [4.69, 9.17) is 4.74 Å². The molecule has 0 atom stereocenters. The highest BCUT2D eigenvalue weighted by Crippen LogP contribution is 2.21. The molecule has 0 aliphatic carbocycles. The summed E-state index contributed by atoms with van der Waals surface area (Å²) in [6, 6.07) is 18.7. The zero-order valence-electron chi connectivity index (χ0n) is 15.6. The first kappa shape index (κ1) is 18.1. The van der Waals surface area contributed by atoms with Crippen LogP contribution < -0.4 is 10.1 Å². The molecule has 3 aromatic rings. The van der Waals surface area contributed by atoms with Crippen LogP contribution in [0.15, 0.2) is 54.6 Å². The molecule has 0 fully saturated rings. The fraction of sp³-hybridized carbons (Fsp3) is 0.333. The Labute approximate surface area is 155 Å². The van der Waals surface area contributed by atoms with Crippen LogP contribution in [0.5, 0.6) is 5.75 Å². The number of benzene rings is 2. The van der Waals surface area contributed by atoms with Gasteiger partial charge in [0.25, 0.3) is 0 Å². The van der Waals surface area contributed by atoms with Crippen LogP contribution in [-0.4, -0.2) is 28.6 Å². The highest BCUT2D eigenvalue weighted by atomic mass is 16.5. The molecule has 5 nitrogen and oxygen atoms in total. The van der Waals surface area contributed by atoms with Gasteiger partial charge in [0.1, 0.15) is 17.1 Å². The summed E-state index contributed by atoms with van der Waals surface area (Å²) in [4.78, 5) is 1.79. The normalized spacial score (nSPS) is 11.1. The van der Waals surface area contributed by atoms with E-state index < -0.39 is 0 Å². The van der Waals surface area contributed by atoms with E-state index >= 15 is 0 Å². The van der Waals surface area contributed by atoms with E-state index in [0.29, 0.717) is 6.54 Å². The van der Waals surface area contributed by atoms with Crippen molar-refractivity contribution in [3.05, 3.63) is 65.9 Å². The smallest absolute Gasteiger partial charge is 0.118 e. The average Bonchev–Trinajstić information content (AvgIpc) is 3.11. The summed E-state index contributed by atoms with van der Waals surface area (Å²) in [5.41, 5.74) is 4.33. The fourth-order valence-electron chi connectivity index (χ4n) is 2.76. The van der Waals surface area contributed by atoms with Gasteiger partial charge in [-0.2, -0.15) is 15.0 Å². The standard InChI is InChI=1S/C21H26N4O/c1-16(2)25-23-20(21(24-25)18-7-5-4-6-8-18)15-22-14-13-17-9-11-19(26-3)12-10-17/h4-12,16,22H,13-15H2,1-3H3. The van der Waals surface area contributed by atoms with Gasteiger partial charge in [-0.3, -0.25) is 0 Å². The number of aromatic nitrogens is 3. The van der Waals surface area contributed by atoms with Gasteiger partial charge >= 0.3 is 0 Å². The third-order valence-corrected chi connectivity index (χ3v) is 4.25. The lowest BCUT2D eigenvalue weighted by atomic mass is 10.1. The molecule has 0 aliphatic rings. The van der Waals surface area contributed by atoms with Crippen LogP contribution in [0, 0.1) is 0 Å². The molecule has 0 amide bonds. The van der Waals surface area contributed by atoms with Gasteiger partial charge in [-0.15, -0.1) is 0 Å². The third kappa shape index (κ3) is 4.49. The molecule has 0 unspecified atom stereocenters. The van der Waals surface area contributed by atoms with Gasteiger partial charge in [-0.25, -0.2) is 0 Å². The van der Waals surface area contributed by atoms with Crippen molar-refractivity contribution in [1.29, 1.82) is 0 Å². The lowest BCUT2D eigenvalue weighted by Gasteiger charge is -2.06. The number of nitrogens with one attached hydrogen (secondary N) is 1. The summed E-state index contributed by atoms with van der Waals surface area (Å²) in [5.74, 6) is 0.888. The Morgan fingerprint density at radius 3 is 2.38 bits per heavy atom. The zero-order chi connectivity index (χ0) is 18.4. The molecule has 2 aromatic carbocycles. The predicted molar refractivity (Wildman–Crippen MR) is 104 cm³/mol. The maximum atomic E-state index is 5.20. The molecule has 1 aromatic heterocycles. The minimum atomic E-state index is 0.241. The first-order valence-electron chi connectivity index (χ1n) is 9.02. The molecule has 1 N–H and O–H groups in total. The average molecular weight is 350 g/mol. The van der Waals surface area contributed by atoms with E-state index in [1.165, 1.54) is 5.56 Å². The van der Waals surface area contributed by atoms with Crippen LogP contribution in [0.2, 0.25) is 0 Å². The molecule has 0 spiro atoms. The maximum Gasteiger partial charge on any atom is 0.118 e.